The molecular weight excluding hydrogens is 314 g/mol. The Kier molecular flexibility index (Phi) is 9.65. The van der Waals surface area contributed by atoms with Gasteiger partial charge in [-0.05, 0) is 36.7 Å². The van der Waals surface area contributed by atoms with Gasteiger partial charge in [-0.15, -0.1) is 0 Å². The maximum atomic E-state index is 10.9. The molecule has 4 N–H and O–H groups in total. The molecule has 0 fully saturated rings. The number of hydrogen-bond acceptors (Lipinski definition) is 6. The second kappa shape index (κ2) is 11.6. The molecule has 0 radical (unpaired) electrons. The van der Waals surface area contributed by atoms with Crippen molar-refractivity contribution in [3.63, 3.8) is 0 Å². The van der Waals surface area contributed by atoms with Gasteiger partial charge in [-0.2, -0.15) is 0 Å². The van der Waals surface area contributed by atoms with E-state index in [0.717, 1.165) is 49.4 Å². The van der Waals surface area contributed by atoms with E-state index in [0.29, 0.717) is 24.0 Å². The number of pyridine rings is 1. The molecule has 23 heavy (non-hydrogen) atoms. The third kappa shape index (κ3) is 7.75. The fourth-order valence-electron chi connectivity index (χ4n) is 2.09. The van der Waals surface area contributed by atoms with Crippen LogP contribution in [0.5, 0.6) is 0 Å². The van der Waals surface area contributed by atoms with E-state index < -0.39 is 0 Å². The maximum Gasteiger partial charge on any atom is 0.243 e. The van der Waals surface area contributed by atoms with Gasteiger partial charge in [-0.1, -0.05) is 25.3 Å². The summed E-state index contributed by atoms with van der Waals surface area (Å²) in [6.07, 6.45) is 6.63. The van der Waals surface area contributed by atoms with Crippen LogP contribution >= 0.6 is 11.8 Å². The van der Waals surface area contributed by atoms with E-state index in [1.165, 1.54) is 0 Å². The number of hydrogen-bond donors (Lipinski definition) is 4. The summed E-state index contributed by atoms with van der Waals surface area (Å²) < 4.78 is 0. The van der Waals surface area contributed by atoms with E-state index in [2.05, 4.69) is 4.98 Å². The van der Waals surface area contributed by atoms with Gasteiger partial charge in [0, 0.05) is 19.2 Å². The van der Waals surface area contributed by atoms with Crippen molar-refractivity contribution in [3.05, 3.63) is 24.4 Å². The SMILES string of the molecule is N=CSC(=N)N(CCCCCCCC(=O)NO)c1ccccn1. The van der Waals surface area contributed by atoms with Crippen LogP contribution in [0.25, 0.3) is 0 Å². The largest absolute Gasteiger partial charge is 0.306 e. The molecule has 0 saturated heterocycles. The lowest BCUT2D eigenvalue weighted by Gasteiger charge is -2.22. The number of amidine groups is 1. The van der Waals surface area contributed by atoms with E-state index in [-0.39, 0.29) is 5.91 Å². The zero-order valence-electron chi connectivity index (χ0n) is 13.0. The van der Waals surface area contributed by atoms with Crippen molar-refractivity contribution in [1.82, 2.24) is 10.5 Å². The standard InChI is InChI=1S/C15H23N5O2S/c16-12-23-15(17)20(13-8-5-6-10-18-13)11-7-3-1-2-4-9-14(21)19-22/h5-6,8,10,12,16-17,22H,1-4,7,9,11H2,(H,19,21). The molecule has 0 aliphatic carbocycles. The Morgan fingerprint density at radius 1 is 1.30 bits per heavy atom. The molecule has 1 rings (SSSR count). The number of thioether (sulfide) groups is 1. The average molecular weight is 337 g/mol. The molecule has 1 amide bonds. The van der Waals surface area contributed by atoms with Gasteiger partial charge in [0.1, 0.15) is 5.82 Å². The van der Waals surface area contributed by atoms with Crippen molar-refractivity contribution in [2.75, 3.05) is 11.4 Å². The monoisotopic (exact) mass is 337 g/mol. The van der Waals surface area contributed by atoms with Gasteiger partial charge in [0.2, 0.25) is 5.91 Å². The summed E-state index contributed by atoms with van der Waals surface area (Å²) in [5, 5.41) is 23.8. The van der Waals surface area contributed by atoms with Gasteiger partial charge in [0.25, 0.3) is 0 Å². The second-order valence-electron chi connectivity index (χ2n) is 4.93. The Labute approximate surface area is 140 Å². The van der Waals surface area contributed by atoms with Gasteiger partial charge in [-0.25, -0.2) is 10.5 Å². The molecule has 1 aromatic rings. The van der Waals surface area contributed by atoms with Crippen LogP contribution in [0.15, 0.2) is 24.4 Å². The lowest BCUT2D eigenvalue weighted by atomic mass is 10.1. The third-order valence-corrected chi connectivity index (χ3v) is 3.81. The first-order valence-electron chi connectivity index (χ1n) is 7.54. The van der Waals surface area contributed by atoms with Crippen molar-refractivity contribution in [2.24, 2.45) is 0 Å². The normalized spacial score (nSPS) is 10.1. The van der Waals surface area contributed by atoms with Crippen LogP contribution in [-0.2, 0) is 4.79 Å². The van der Waals surface area contributed by atoms with E-state index in [1.807, 2.05) is 18.2 Å². The Bertz CT molecular complexity index is 498. The molecular formula is C15H23N5O2S. The number of anilines is 1. The molecule has 7 nitrogen and oxygen atoms in total. The van der Waals surface area contributed by atoms with Crippen LogP contribution in [0.1, 0.15) is 38.5 Å². The number of aromatic nitrogens is 1. The summed E-state index contributed by atoms with van der Waals surface area (Å²) in [5.74, 6) is 0.370. The van der Waals surface area contributed by atoms with Crippen LogP contribution in [0.3, 0.4) is 0 Å². The van der Waals surface area contributed by atoms with Crippen molar-refractivity contribution >= 4 is 34.2 Å². The zero-order valence-corrected chi connectivity index (χ0v) is 13.8. The summed E-state index contributed by atoms with van der Waals surface area (Å²) in [7, 11) is 0. The smallest absolute Gasteiger partial charge is 0.243 e. The fourth-order valence-corrected chi connectivity index (χ4v) is 2.52. The first kappa shape index (κ1) is 19.1. The molecule has 0 saturated carbocycles. The van der Waals surface area contributed by atoms with Gasteiger partial charge in [0.05, 0.1) is 5.55 Å². The van der Waals surface area contributed by atoms with Crippen molar-refractivity contribution in [3.8, 4) is 0 Å². The van der Waals surface area contributed by atoms with Gasteiger partial charge < -0.3 is 10.3 Å². The number of nitrogens with zero attached hydrogens (tertiary/aromatic N) is 2. The lowest BCUT2D eigenvalue weighted by Crippen LogP contribution is -2.29. The lowest BCUT2D eigenvalue weighted by molar-refractivity contribution is -0.129. The third-order valence-electron chi connectivity index (χ3n) is 3.25. The second-order valence-corrected chi connectivity index (χ2v) is 5.79. The molecule has 0 aliphatic heterocycles. The quantitative estimate of drug-likeness (QED) is 0.172. The van der Waals surface area contributed by atoms with Gasteiger partial charge in [0.15, 0.2) is 5.17 Å². The summed E-state index contributed by atoms with van der Waals surface area (Å²) in [5.41, 5.74) is 2.77. The molecule has 1 heterocycles. The molecule has 126 valence electrons. The number of hydroxylamine groups is 1. The minimum Gasteiger partial charge on any atom is -0.306 e. The highest BCUT2D eigenvalue weighted by molar-refractivity contribution is 8.25. The fraction of sp³-hybridized carbons (Fsp3) is 0.467. The summed E-state index contributed by atoms with van der Waals surface area (Å²) >= 11 is 1.05. The molecule has 1 aromatic heterocycles. The van der Waals surface area contributed by atoms with Crippen LogP contribution < -0.4 is 10.4 Å². The Morgan fingerprint density at radius 3 is 2.70 bits per heavy atom. The van der Waals surface area contributed by atoms with Gasteiger partial charge >= 0.3 is 0 Å². The number of rotatable bonds is 10. The van der Waals surface area contributed by atoms with Crippen LogP contribution in [0.4, 0.5) is 5.82 Å². The summed E-state index contributed by atoms with van der Waals surface area (Å²) in [4.78, 5) is 16.9. The van der Waals surface area contributed by atoms with Crippen LogP contribution in [0, 0.1) is 10.8 Å². The predicted octanol–water partition coefficient (Wildman–Crippen LogP) is 3.01. The Hall–Kier alpha value is -1.93. The first-order chi connectivity index (χ1) is 11.2. The predicted molar refractivity (Wildman–Crippen MR) is 93.3 cm³/mol. The van der Waals surface area contributed by atoms with Crippen LogP contribution in [-0.4, -0.2) is 33.4 Å². The minimum atomic E-state index is -0.344. The number of nitrogens with one attached hydrogen (secondary N) is 3. The molecule has 0 atom stereocenters. The molecule has 0 aromatic carbocycles. The molecule has 0 spiro atoms. The van der Waals surface area contributed by atoms with Crippen molar-refractivity contribution in [1.29, 1.82) is 10.8 Å². The molecule has 0 aliphatic rings. The molecule has 8 heteroatoms. The van der Waals surface area contributed by atoms with Crippen molar-refractivity contribution < 1.29 is 10.0 Å². The highest BCUT2D eigenvalue weighted by Crippen LogP contribution is 2.16. The topological polar surface area (TPSA) is 113 Å². The minimum absolute atomic E-state index is 0.290. The summed E-state index contributed by atoms with van der Waals surface area (Å²) in [6, 6.07) is 5.56. The average Bonchev–Trinajstić information content (AvgIpc) is 2.58. The molecule has 0 unspecified atom stereocenters. The number of carbonyl (C=O) groups is 1. The van der Waals surface area contributed by atoms with Gasteiger partial charge in [-0.3, -0.25) is 15.4 Å². The zero-order chi connectivity index (χ0) is 16.9. The number of amides is 1. The highest BCUT2D eigenvalue weighted by atomic mass is 32.2. The van der Waals surface area contributed by atoms with E-state index in [9.17, 15) is 4.79 Å². The number of carbonyl (C=O) groups excluding carboxylic acids is 1. The maximum absolute atomic E-state index is 10.9. The Morgan fingerprint density at radius 2 is 2.04 bits per heavy atom. The van der Waals surface area contributed by atoms with Crippen molar-refractivity contribution in [2.45, 2.75) is 38.5 Å². The number of unbranched alkanes of at least 4 members (excludes halogenated alkanes) is 4. The van der Waals surface area contributed by atoms with Crippen LogP contribution in [0.2, 0.25) is 0 Å². The van der Waals surface area contributed by atoms with E-state index >= 15 is 0 Å². The molecule has 0 bridgehead atoms. The Balaban J connectivity index is 2.33. The van der Waals surface area contributed by atoms with E-state index in [1.54, 1.807) is 16.6 Å². The highest BCUT2D eigenvalue weighted by Gasteiger charge is 2.12. The summed E-state index contributed by atoms with van der Waals surface area (Å²) in [6.45, 7) is 0.674. The first-order valence-corrected chi connectivity index (χ1v) is 8.42. The van der Waals surface area contributed by atoms with E-state index in [4.69, 9.17) is 16.0 Å².